The summed E-state index contributed by atoms with van der Waals surface area (Å²) in [5.41, 5.74) is 5.90. The molecule has 0 bridgehead atoms. The largest absolute Gasteiger partial charge is 0.383 e. The van der Waals surface area contributed by atoms with E-state index in [1.165, 1.54) is 0 Å². The molecule has 1 aromatic heterocycles. The van der Waals surface area contributed by atoms with Crippen LogP contribution in [0.1, 0.15) is 0 Å². The number of H-pyrrole nitrogens is 1. The van der Waals surface area contributed by atoms with E-state index in [1.807, 2.05) is 0 Å². The summed E-state index contributed by atoms with van der Waals surface area (Å²) in [5, 5.41) is 5.95. The van der Waals surface area contributed by atoms with Crippen LogP contribution in [0.25, 0.3) is 0 Å². The van der Waals surface area contributed by atoms with Gasteiger partial charge in [0.1, 0.15) is 10.7 Å². The van der Waals surface area contributed by atoms with Crippen molar-refractivity contribution < 1.29 is 8.42 Å². The van der Waals surface area contributed by atoms with Gasteiger partial charge in [0.25, 0.3) is 10.0 Å². The number of nitrogen functional groups attached to an aromatic ring is 1. The molecule has 18 heavy (non-hydrogen) atoms. The number of benzene rings is 1. The second kappa shape index (κ2) is 4.90. The number of nitrogens with two attached hydrogens (primary N) is 1. The number of aromatic amines is 1. The number of halogens is 2. The molecule has 0 aliphatic rings. The van der Waals surface area contributed by atoms with E-state index in [0.717, 1.165) is 10.7 Å². The van der Waals surface area contributed by atoms with Gasteiger partial charge in [-0.1, -0.05) is 15.9 Å². The number of rotatable bonds is 3. The van der Waals surface area contributed by atoms with Crippen molar-refractivity contribution in [2.75, 3.05) is 10.5 Å². The third kappa shape index (κ3) is 2.68. The van der Waals surface area contributed by atoms with Gasteiger partial charge in [-0.3, -0.25) is 9.82 Å². The molecule has 0 spiro atoms. The molecule has 0 radical (unpaired) electrons. The first-order valence-electron chi connectivity index (χ1n) is 4.67. The Hall–Kier alpha value is -1.06. The lowest BCUT2D eigenvalue weighted by Crippen LogP contribution is -2.14. The predicted octanol–water partition coefficient (Wildman–Crippen LogP) is 2.32. The summed E-state index contributed by atoms with van der Waals surface area (Å²) in [7, 11) is -3.76. The van der Waals surface area contributed by atoms with Gasteiger partial charge in [-0.05, 0) is 34.1 Å². The van der Waals surface area contributed by atoms with E-state index in [4.69, 9.17) is 5.73 Å². The lowest BCUT2D eigenvalue weighted by Gasteiger charge is -2.09. The van der Waals surface area contributed by atoms with E-state index in [0.29, 0.717) is 10.2 Å². The molecule has 0 aliphatic heterocycles. The Bertz CT molecular complexity index is 684. The second-order valence-electron chi connectivity index (χ2n) is 3.38. The fraction of sp³-hybridized carbons (Fsp3) is 0. The van der Waals surface area contributed by atoms with Crippen molar-refractivity contribution in [1.29, 1.82) is 0 Å². The van der Waals surface area contributed by atoms with Crippen molar-refractivity contribution in [3.63, 3.8) is 0 Å². The summed E-state index contributed by atoms with van der Waals surface area (Å²) in [6.45, 7) is 0. The number of aromatic nitrogens is 2. The van der Waals surface area contributed by atoms with Crippen LogP contribution in [-0.4, -0.2) is 18.6 Å². The standard InChI is InChI=1S/C9H8Br2N4O2S/c10-5-1-2-6(11)7(3-5)15-18(16,17)8-4-13-14-9(8)12/h1-4,15H,(H3,12,13,14). The molecular weight excluding hydrogens is 388 g/mol. The number of anilines is 2. The molecule has 0 saturated carbocycles. The summed E-state index contributed by atoms with van der Waals surface area (Å²) in [5.74, 6) is -0.00591. The molecule has 1 heterocycles. The number of sulfonamides is 1. The van der Waals surface area contributed by atoms with Crippen LogP contribution in [0.5, 0.6) is 0 Å². The van der Waals surface area contributed by atoms with Gasteiger partial charge in [-0.25, -0.2) is 8.42 Å². The van der Waals surface area contributed by atoms with Crippen molar-refractivity contribution in [2.24, 2.45) is 0 Å². The summed E-state index contributed by atoms with van der Waals surface area (Å²) < 4.78 is 27.9. The van der Waals surface area contributed by atoms with Gasteiger partial charge in [-0.15, -0.1) is 0 Å². The average Bonchev–Trinajstić information content (AvgIpc) is 2.70. The van der Waals surface area contributed by atoms with Crippen molar-refractivity contribution in [3.8, 4) is 0 Å². The van der Waals surface area contributed by atoms with E-state index in [-0.39, 0.29) is 10.7 Å². The van der Waals surface area contributed by atoms with Gasteiger partial charge < -0.3 is 5.73 Å². The van der Waals surface area contributed by atoms with Crippen LogP contribution in [0.4, 0.5) is 11.5 Å². The summed E-state index contributed by atoms with van der Waals surface area (Å²) in [6.07, 6.45) is 1.16. The Morgan fingerprint density at radius 3 is 2.67 bits per heavy atom. The van der Waals surface area contributed by atoms with Gasteiger partial charge >= 0.3 is 0 Å². The molecule has 4 N–H and O–H groups in total. The van der Waals surface area contributed by atoms with Crippen LogP contribution >= 0.6 is 31.9 Å². The Morgan fingerprint density at radius 2 is 2.06 bits per heavy atom. The average molecular weight is 396 g/mol. The first-order chi connectivity index (χ1) is 8.40. The molecule has 9 heteroatoms. The molecule has 0 fully saturated rings. The highest BCUT2D eigenvalue weighted by atomic mass is 79.9. The number of nitrogens with one attached hydrogen (secondary N) is 2. The van der Waals surface area contributed by atoms with Crippen LogP contribution in [-0.2, 0) is 10.0 Å². The van der Waals surface area contributed by atoms with Crippen LogP contribution in [0.2, 0.25) is 0 Å². The van der Waals surface area contributed by atoms with E-state index < -0.39 is 10.0 Å². The van der Waals surface area contributed by atoms with E-state index in [9.17, 15) is 8.42 Å². The van der Waals surface area contributed by atoms with Gasteiger partial charge in [0, 0.05) is 8.95 Å². The van der Waals surface area contributed by atoms with Gasteiger partial charge in [0.05, 0.1) is 11.9 Å². The minimum Gasteiger partial charge on any atom is -0.383 e. The zero-order chi connectivity index (χ0) is 13.3. The Labute approximate surface area is 120 Å². The lowest BCUT2D eigenvalue weighted by molar-refractivity contribution is 0.601. The molecule has 96 valence electrons. The van der Waals surface area contributed by atoms with Crippen LogP contribution < -0.4 is 10.5 Å². The van der Waals surface area contributed by atoms with E-state index in [2.05, 4.69) is 46.8 Å². The topological polar surface area (TPSA) is 101 Å². The number of nitrogens with zero attached hydrogens (tertiary/aromatic N) is 1. The van der Waals surface area contributed by atoms with Crippen molar-refractivity contribution in [3.05, 3.63) is 33.3 Å². The van der Waals surface area contributed by atoms with Gasteiger partial charge in [0.15, 0.2) is 0 Å². The molecule has 6 nitrogen and oxygen atoms in total. The van der Waals surface area contributed by atoms with Crippen LogP contribution in [0.15, 0.2) is 38.2 Å². The third-order valence-corrected chi connectivity index (χ3v) is 4.67. The maximum atomic E-state index is 12.1. The second-order valence-corrected chi connectivity index (χ2v) is 6.80. The molecule has 2 rings (SSSR count). The molecule has 2 aromatic rings. The van der Waals surface area contributed by atoms with E-state index >= 15 is 0 Å². The lowest BCUT2D eigenvalue weighted by atomic mass is 10.3. The number of hydrogen-bond donors (Lipinski definition) is 3. The highest BCUT2D eigenvalue weighted by Crippen LogP contribution is 2.28. The molecule has 1 aromatic carbocycles. The fourth-order valence-electron chi connectivity index (χ4n) is 1.27. The quantitative estimate of drug-likeness (QED) is 0.742. The van der Waals surface area contributed by atoms with Crippen molar-refractivity contribution in [2.45, 2.75) is 4.90 Å². The predicted molar refractivity (Wildman–Crippen MR) is 75.7 cm³/mol. The minimum absolute atomic E-state index is 0.00591. The summed E-state index contributed by atoms with van der Waals surface area (Å²) in [4.78, 5) is -0.0885. The SMILES string of the molecule is Nc1[nH]ncc1S(=O)(=O)Nc1cc(Br)ccc1Br. The maximum absolute atomic E-state index is 12.1. The summed E-state index contributed by atoms with van der Waals surface area (Å²) in [6, 6.07) is 5.15. The van der Waals surface area contributed by atoms with E-state index in [1.54, 1.807) is 18.2 Å². The molecule has 0 amide bonds. The third-order valence-electron chi connectivity index (χ3n) is 2.09. The number of hydrogen-bond acceptors (Lipinski definition) is 4. The van der Waals surface area contributed by atoms with Gasteiger partial charge in [0.2, 0.25) is 0 Å². The van der Waals surface area contributed by atoms with Crippen LogP contribution in [0.3, 0.4) is 0 Å². The Morgan fingerprint density at radius 1 is 1.33 bits per heavy atom. The van der Waals surface area contributed by atoms with Crippen molar-refractivity contribution >= 4 is 53.4 Å². The maximum Gasteiger partial charge on any atom is 0.267 e. The fourth-order valence-corrected chi connectivity index (χ4v) is 3.21. The van der Waals surface area contributed by atoms with Gasteiger partial charge in [-0.2, -0.15) is 5.10 Å². The highest BCUT2D eigenvalue weighted by Gasteiger charge is 2.20. The molecule has 0 unspecified atom stereocenters. The highest BCUT2D eigenvalue weighted by molar-refractivity contribution is 9.11. The Balaban J connectivity index is 2.40. The summed E-state index contributed by atoms with van der Waals surface area (Å²) >= 11 is 6.53. The smallest absolute Gasteiger partial charge is 0.267 e. The molecule has 0 aliphatic carbocycles. The zero-order valence-electron chi connectivity index (χ0n) is 8.81. The first-order valence-corrected chi connectivity index (χ1v) is 7.74. The monoisotopic (exact) mass is 394 g/mol. The zero-order valence-corrected chi connectivity index (χ0v) is 12.8. The normalized spacial score (nSPS) is 11.4. The Kier molecular flexibility index (Phi) is 3.64. The molecule has 0 atom stereocenters. The van der Waals surface area contributed by atoms with Crippen molar-refractivity contribution in [1.82, 2.24) is 10.2 Å². The molecular formula is C9H8Br2N4O2S. The first kappa shape index (κ1) is 13.4. The molecule has 0 saturated heterocycles. The van der Waals surface area contributed by atoms with Crippen LogP contribution in [0, 0.1) is 0 Å². The minimum atomic E-state index is -3.76.